The van der Waals surface area contributed by atoms with Gasteiger partial charge in [-0.2, -0.15) is 0 Å². The number of hydrogen-bond donors (Lipinski definition) is 1. The molecule has 1 amide bonds. The molecule has 1 heterocycles. The van der Waals surface area contributed by atoms with Crippen molar-refractivity contribution in [2.45, 2.75) is 20.1 Å². The lowest BCUT2D eigenvalue weighted by Crippen LogP contribution is -2.12. The number of pyridine rings is 1. The van der Waals surface area contributed by atoms with Gasteiger partial charge in [0.1, 0.15) is 6.61 Å². The first kappa shape index (κ1) is 21.5. The number of benzene rings is 2. The van der Waals surface area contributed by atoms with E-state index < -0.39 is 0 Å². The molecule has 0 aliphatic rings. The van der Waals surface area contributed by atoms with Crippen LogP contribution < -0.4 is 10.1 Å². The van der Waals surface area contributed by atoms with Crippen molar-refractivity contribution in [3.05, 3.63) is 89.6 Å². The summed E-state index contributed by atoms with van der Waals surface area (Å²) in [7, 11) is 0. The van der Waals surface area contributed by atoms with E-state index in [-0.39, 0.29) is 5.91 Å². The molecule has 2 aromatic carbocycles. The summed E-state index contributed by atoms with van der Waals surface area (Å²) < 4.78 is 16.5. The first-order chi connectivity index (χ1) is 14.7. The minimum Gasteiger partial charge on any atom is -0.473 e. The number of rotatable bonds is 11. The van der Waals surface area contributed by atoms with E-state index in [0.717, 1.165) is 11.1 Å². The SMILES string of the molecule is CCOCCOCc1cccc(NC(=O)c2ccnc(OCc3ccccc3)c2)c1. The second-order valence-corrected chi connectivity index (χ2v) is 6.56. The van der Waals surface area contributed by atoms with Crippen molar-refractivity contribution < 1.29 is 19.0 Å². The molecule has 3 aromatic rings. The van der Waals surface area contributed by atoms with Crippen LogP contribution in [0, 0.1) is 0 Å². The largest absolute Gasteiger partial charge is 0.473 e. The highest BCUT2D eigenvalue weighted by Gasteiger charge is 2.09. The van der Waals surface area contributed by atoms with Gasteiger partial charge < -0.3 is 19.5 Å². The first-order valence-electron chi connectivity index (χ1n) is 9.93. The van der Waals surface area contributed by atoms with Gasteiger partial charge in [-0.25, -0.2) is 4.98 Å². The zero-order chi connectivity index (χ0) is 21.0. The Hall–Kier alpha value is -3.22. The lowest BCUT2D eigenvalue weighted by atomic mass is 10.2. The van der Waals surface area contributed by atoms with E-state index in [0.29, 0.717) is 50.2 Å². The fourth-order valence-electron chi connectivity index (χ4n) is 2.76. The fourth-order valence-corrected chi connectivity index (χ4v) is 2.76. The third kappa shape index (κ3) is 6.99. The minimum atomic E-state index is -0.226. The van der Waals surface area contributed by atoms with Crippen LogP contribution in [0.15, 0.2) is 72.9 Å². The Morgan fingerprint density at radius 1 is 0.900 bits per heavy atom. The number of nitrogens with one attached hydrogen (secondary N) is 1. The number of anilines is 1. The second-order valence-electron chi connectivity index (χ2n) is 6.56. The van der Waals surface area contributed by atoms with E-state index in [1.807, 2.05) is 61.5 Å². The van der Waals surface area contributed by atoms with Gasteiger partial charge in [0.15, 0.2) is 0 Å². The van der Waals surface area contributed by atoms with Crippen LogP contribution in [0.3, 0.4) is 0 Å². The van der Waals surface area contributed by atoms with Crippen LogP contribution in [0.4, 0.5) is 5.69 Å². The van der Waals surface area contributed by atoms with E-state index >= 15 is 0 Å². The molecule has 3 rings (SSSR count). The van der Waals surface area contributed by atoms with Crippen molar-refractivity contribution in [3.63, 3.8) is 0 Å². The molecule has 156 valence electrons. The van der Waals surface area contributed by atoms with Gasteiger partial charge in [0, 0.05) is 30.1 Å². The third-order valence-electron chi connectivity index (χ3n) is 4.26. The van der Waals surface area contributed by atoms with Crippen LogP contribution in [0.2, 0.25) is 0 Å². The summed E-state index contributed by atoms with van der Waals surface area (Å²) in [6, 6.07) is 20.7. The highest BCUT2D eigenvalue weighted by Crippen LogP contribution is 2.16. The molecule has 0 fully saturated rings. The molecule has 6 heteroatoms. The van der Waals surface area contributed by atoms with E-state index in [2.05, 4.69) is 10.3 Å². The van der Waals surface area contributed by atoms with Crippen LogP contribution in [0.5, 0.6) is 5.88 Å². The second kappa shape index (κ2) is 11.7. The number of carbonyl (C=O) groups is 1. The van der Waals surface area contributed by atoms with Crippen molar-refractivity contribution in [2.24, 2.45) is 0 Å². The summed E-state index contributed by atoms with van der Waals surface area (Å²) in [4.78, 5) is 16.8. The molecular formula is C24H26N2O4. The van der Waals surface area contributed by atoms with Gasteiger partial charge in [0.05, 0.1) is 19.8 Å². The molecule has 0 saturated carbocycles. The monoisotopic (exact) mass is 406 g/mol. The highest BCUT2D eigenvalue weighted by atomic mass is 16.5. The Bertz CT molecular complexity index is 931. The molecule has 0 aliphatic heterocycles. The molecule has 0 radical (unpaired) electrons. The topological polar surface area (TPSA) is 69.7 Å². The Morgan fingerprint density at radius 3 is 2.53 bits per heavy atom. The average molecular weight is 406 g/mol. The first-order valence-corrected chi connectivity index (χ1v) is 9.93. The molecule has 6 nitrogen and oxygen atoms in total. The van der Waals surface area contributed by atoms with Crippen LogP contribution in [-0.4, -0.2) is 30.7 Å². The Balaban J connectivity index is 1.54. The van der Waals surface area contributed by atoms with Crippen molar-refractivity contribution in [2.75, 3.05) is 25.1 Å². The predicted molar refractivity (Wildman–Crippen MR) is 116 cm³/mol. The molecule has 0 unspecified atom stereocenters. The number of nitrogens with zero attached hydrogens (tertiary/aromatic N) is 1. The molecule has 1 aromatic heterocycles. The number of aromatic nitrogens is 1. The minimum absolute atomic E-state index is 0.226. The van der Waals surface area contributed by atoms with Crippen molar-refractivity contribution in [1.29, 1.82) is 0 Å². The normalized spacial score (nSPS) is 10.6. The van der Waals surface area contributed by atoms with Crippen molar-refractivity contribution >= 4 is 11.6 Å². The lowest BCUT2D eigenvalue weighted by Gasteiger charge is -2.10. The summed E-state index contributed by atoms with van der Waals surface area (Å²) in [6.45, 7) is 4.59. The highest BCUT2D eigenvalue weighted by molar-refractivity contribution is 6.04. The van der Waals surface area contributed by atoms with Gasteiger partial charge in [-0.15, -0.1) is 0 Å². The third-order valence-corrected chi connectivity index (χ3v) is 4.26. The van der Waals surface area contributed by atoms with Crippen LogP contribution in [0.1, 0.15) is 28.4 Å². The molecule has 0 atom stereocenters. The van der Waals surface area contributed by atoms with Crippen molar-refractivity contribution in [3.8, 4) is 5.88 Å². The summed E-state index contributed by atoms with van der Waals surface area (Å²) >= 11 is 0. The van der Waals surface area contributed by atoms with E-state index in [1.54, 1.807) is 18.3 Å². The standard InChI is InChI=1S/C24H26N2O4/c1-2-28-13-14-29-17-20-9-6-10-22(15-20)26-24(27)21-11-12-25-23(16-21)30-18-19-7-4-3-5-8-19/h3-12,15-16H,2,13-14,17-18H2,1H3,(H,26,27). The van der Waals surface area contributed by atoms with Crippen LogP contribution >= 0.6 is 0 Å². The van der Waals surface area contributed by atoms with Crippen LogP contribution in [0.25, 0.3) is 0 Å². The summed E-state index contributed by atoms with van der Waals surface area (Å²) in [5, 5.41) is 2.91. The summed E-state index contributed by atoms with van der Waals surface area (Å²) in [5.41, 5.74) is 3.20. The maximum Gasteiger partial charge on any atom is 0.255 e. The molecule has 0 spiro atoms. The molecule has 30 heavy (non-hydrogen) atoms. The Labute approximate surface area is 176 Å². The van der Waals surface area contributed by atoms with E-state index in [9.17, 15) is 4.79 Å². The smallest absolute Gasteiger partial charge is 0.255 e. The van der Waals surface area contributed by atoms with E-state index in [4.69, 9.17) is 14.2 Å². The van der Waals surface area contributed by atoms with Gasteiger partial charge in [-0.1, -0.05) is 42.5 Å². The summed E-state index contributed by atoms with van der Waals surface area (Å²) in [6.07, 6.45) is 1.57. The maximum atomic E-state index is 12.6. The van der Waals surface area contributed by atoms with Crippen LogP contribution in [-0.2, 0) is 22.7 Å². The number of ether oxygens (including phenoxy) is 3. The van der Waals surface area contributed by atoms with Gasteiger partial charge in [0.25, 0.3) is 5.91 Å². The Kier molecular flexibility index (Phi) is 8.38. The quantitative estimate of drug-likeness (QED) is 0.476. The van der Waals surface area contributed by atoms with Crippen molar-refractivity contribution in [1.82, 2.24) is 4.98 Å². The van der Waals surface area contributed by atoms with Gasteiger partial charge in [-0.3, -0.25) is 4.79 Å². The predicted octanol–water partition coefficient (Wildman–Crippen LogP) is 4.47. The molecular weight excluding hydrogens is 380 g/mol. The Morgan fingerprint density at radius 2 is 1.70 bits per heavy atom. The zero-order valence-electron chi connectivity index (χ0n) is 17.0. The number of hydrogen-bond acceptors (Lipinski definition) is 5. The molecule has 0 bridgehead atoms. The number of carbonyl (C=O) groups excluding carboxylic acids is 1. The van der Waals surface area contributed by atoms with Gasteiger partial charge in [0.2, 0.25) is 5.88 Å². The van der Waals surface area contributed by atoms with Gasteiger partial charge in [-0.05, 0) is 36.2 Å². The average Bonchev–Trinajstić information content (AvgIpc) is 2.79. The lowest BCUT2D eigenvalue weighted by molar-refractivity contribution is 0.0453. The van der Waals surface area contributed by atoms with Gasteiger partial charge >= 0.3 is 0 Å². The number of amides is 1. The fraction of sp³-hybridized carbons (Fsp3) is 0.250. The molecule has 0 aliphatic carbocycles. The molecule has 1 N–H and O–H groups in total. The van der Waals surface area contributed by atoms with E-state index in [1.165, 1.54) is 0 Å². The maximum absolute atomic E-state index is 12.6. The molecule has 0 saturated heterocycles. The zero-order valence-corrected chi connectivity index (χ0v) is 17.0. The summed E-state index contributed by atoms with van der Waals surface area (Å²) in [5.74, 6) is 0.180.